The molecule has 2 aliphatic carbocycles. The Morgan fingerprint density at radius 2 is 0.797 bits per heavy atom. The van der Waals surface area contributed by atoms with Crippen LogP contribution in [-0.2, 0) is 5.41 Å². The van der Waals surface area contributed by atoms with Gasteiger partial charge in [-0.25, -0.2) is 0 Å². The van der Waals surface area contributed by atoms with Gasteiger partial charge in [0.1, 0.15) is 0 Å². The van der Waals surface area contributed by atoms with Crippen LogP contribution in [0.5, 0.6) is 0 Å². The highest BCUT2D eigenvalue weighted by Crippen LogP contribution is 2.63. The standard InChI is InChI=1S/C61H38N2S/c1-2-14-39(15-3-1)40-26-28-41(29-27-40)62(44-30-33-48-47-18-6-11-23-55(47)61(56(48)38-44)53-21-9-4-16-45(53)46-17-5-10-22-54(46)61)42-31-34-59-51(36-42)52-37-43(32-35-60(52)64-59)63-57-24-12-7-19-49(57)50-20-8-13-25-58(50)63/h1-38H. The van der Waals surface area contributed by atoms with Crippen molar-refractivity contribution in [1.82, 2.24) is 4.57 Å². The molecular formula is C61H38N2S. The van der Waals surface area contributed by atoms with E-state index in [1.807, 2.05) is 11.3 Å². The van der Waals surface area contributed by atoms with E-state index >= 15 is 0 Å². The molecule has 2 nitrogen and oxygen atoms in total. The molecule has 10 aromatic carbocycles. The van der Waals surface area contributed by atoms with Gasteiger partial charge in [-0.05, 0) is 128 Å². The molecule has 0 unspecified atom stereocenters. The van der Waals surface area contributed by atoms with E-state index in [1.165, 1.54) is 103 Å². The molecule has 0 radical (unpaired) electrons. The minimum atomic E-state index is -0.436. The third-order valence-corrected chi connectivity index (χ3v) is 15.2. The molecule has 2 aromatic heterocycles. The Kier molecular flexibility index (Phi) is 7.51. The molecule has 0 N–H and O–H groups in total. The van der Waals surface area contributed by atoms with Gasteiger partial charge in [0, 0.05) is 53.7 Å². The molecule has 12 aromatic rings. The van der Waals surface area contributed by atoms with Crippen LogP contribution in [0.15, 0.2) is 231 Å². The van der Waals surface area contributed by atoms with E-state index in [9.17, 15) is 0 Å². The summed E-state index contributed by atoms with van der Waals surface area (Å²) in [6.45, 7) is 0. The molecule has 14 rings (SSSR count). The van der Waals surface area contributed by atoms with Crippen LogP contribution in [0.2, 0.25) is 0 Å². The maximum Gasteiger partial charge on any atom is 0.0726 e. The number of benzene rings is 10. The number of hydrogen-bond acceptors (Lipinski definition) is 2. The quantitative estimate of drug-likeness (QED) is 0.168. The topological polar surface area (TPSA) is 8.17 Å². The fourth-order valence-corrected chi connectivity index (χ4v) is 12.4. The minimum Gasteiger partial charge on any atom is -0.310 e. The summed E-state index contributed by atoms with van der Waals surface area (Å²) in [6, 6.07) is 85.8. The van der Waals surface area contributed by atoms with Crippen molar-refractivity contribution in [2.45, 2.75) is 5.41 Å². The summed E-state index contributed by atoms with van der Waals surface area (Å²) in [4.78, 5) is 2.47. The zero-order valence-electron chi connectivity index (χ0n) is 34.7. The Morgan fingerprint density at radius 3 is 1.44 bits per heavy atom. The molecule has 0 saturated heterocycles. The van der Waals surface area contributed by atoms with Crippen LogP contribution in [0.25, 0.3) is 81.0 Å². The first kappa shape index (κ1) is 35.6. The predicted octanol–water partition coefficient (Wildman–Crippen LogP) is 16.6. The molecule has 0 bridgehead atoms. The van der Waals surface area contributed by atoms with Crippen molar-refractivity contribution >= 4 is 70.4 Å². The Labute approximate surface area is 375 Å². The summed E-state index contributed by atoms with van der Waals surface area (Å²) >= 11 is 1.87. The van der Waals surface area contributed by atoms with Crippen LogP contribution in [-0.4, -0.2) is 4.57 Å². The molecule has 2 heterocycles. The van der Waals surface area contributed by atoms with Gasteiger partial charge >= 0.3 is 0 Å². The molecule has 0 aliphatic heterocycles. The largest absolute Gasteiger partial charge is 0.310 e. The SMILES string of the molecule is c1ccc(-c2ccc(N(c3ccc4c(c3)C3(c5ccccc5-c5ccccc53)c3ccccc3-4)c3ccc4sc5ccc(-n6c7ccccc7c7ccccc76)cc5c4c3)cc2)cc1. The number of rotatable bonds is 5. The predicted molar refractivity (Wildman–Crippen MR) is 270 cm³/mol. The van der Waals surface area contributed by atoms with Gasteiger partial charge in [0.2, 0.25) is 0 Å². The average Bonchev–Trinajstić information content (AvgIpc) is 4.08. The number of nitrogens with zero attached hydrogens (tertiary/aromatic N) is 2. The Hall–Kier alpha value is -7.98. The van der Waals surface area contributed by atoms with Crippen LogP contribution in [0.1, 0.15) is 22.3 Å². The summed E-state index contributed by atoms with van der Waals surface area (Å²) in [5.74, 6) is 0. The zero-order chi connectivity index (χ0) is 41.9. The summed E-state index contributed by atoms with van der Waals surface area (Å²) < 4.78 is 4.99. The zero-order valence-corrected chi connectivity index (χ0v) is 35.6. The third kappa shape index (κ3) is 4.90. The van der Waals surface area contributed by atoms with E-state index in [0.717, 1.165) is 17.1 Å². The lowest BCUT2D eigenvalue weighted by atomic mass is 9.70. The summed E-state index contributed by atoms with van der Waals surface area (Å²) in [7, 11) is 0. The lowest BCUT2D eigenvalue weighted by molar-refractivity contribution is 0.793. The van der Waals surface area contributed by atoms with Gasteiger partial charge in [-0.15, -0.1) is 11.3 Å². The first-order valence-corrected chi connectivity index (χ1v) is 22.9. The smallest absolute Gasteiger partial charge is 0.0726 e. The number of aromatic nitrogens is 1. The van der Waals surface area contributed by atoms with Crippen molar-refractivity contribution in [2.24, 2.45) is 0 Å². The van der Waals surface area contributed by atoms with E-state index in [1.54, 1.807) is 0 Å². The van der Waals surface area contributed by atoms with E-state index in [2.05, 4.69) is 240 Å². The fourth-order valence-electron chi connectivity index (χ4n) is 11.3. The summed E-state index contributed by atoms with van der Waals surface area (Å²) in [5.41, 5.74) is 19.6. The van der Waals surface area contributed by atoms with Gasteiger partial charge in [0.05, 0.1) is 16.4 Å². The lowest BCUT2D eigenvalue weighted by Crippen LogP contribution is -2.26. The van der Waals surface area contributed by atoms with Gasteiger partial charge in [-0.3, -0.25) is 0 Å². The maximum atomic E-state index is 2.50. The first-order chi connectivity index (χ1) is 31.7. The highest BCUT2D eigenvalue weighted by Gasteiger charge is 2.51. The van der Waals surface area contributed by atoms with Crippen molar-refractivity contribution in [3.8, 4) is 39.1 Å². The number of hydrogen-bond donors (Lipinski definition) is 0. The Morgan fingerprint density at radius 1 is 0.328 bits per heavy atom. The van der Waals surface area contributed by atoms with Crippen LogP contribution < -0.4 is 4.90 Å². The van der Waals surface area contributed by atoms with Gasteiger partial charge in [0.25, 0.3) is 0 Å². The molecule has 0 fully saturated rings. The minimum absolute atomic E-state index is 0.436. The van der Waals surface area contributed by atoms with Crippen molar-refractivity contribution < 1.29 is 0 Å². The van der Waals surface area contributed by atoms with Crippen molar-refractivity contribution in [2.75, 3.05) is 4.90 Å². The van der Waals surface area contributed by atoms with Gasteiger partial charge in [0.15, 0.2) is 0 Å². The van der Waals surface area contributed by atoms with E-state index < -0.39 is 5.41 Å². The van der Waals surface area contributed by atoms with E-state index in [4.69, 9.17) is 0 Å². The second-order valence-electron chi connectivity index (χ2n) is 17.2. The number of para-hydroxylation sites is 2. The average molecular weight is 831 g/mol. The maximum absolute atomic E-state index is 2.50. The number of fused-ring (bicyclic) bond motifs is 16. The number of thiophene rings is 1. The molecule has 1 spiro atoms. The van der Waals surface area contributed by atoms with Gasteiger partial charge in [-0.1, -0.05) is 158 Å². The molecule has 0 amide bonds. The normalized spacial score (nSPS) is 13.1. The number of anilines is 3. The molecule has 0 saturated carbocycles. The van der Waals surface area contributed by atoms with Crippen LogP contribution in [0.3, 0.4) is 0 Å². The first-order valence-electron chi connectivity index (χ1n) is 22.1. The second kappa shape index (κ2) is 13.5. The molecule has 64 heavy (non-hydrogen) atoms. The Balaban J connectivity index is 0.990. The molecule has 3 heteroatoms. The summed E-state index contributed by atoms with van der Waals surface area (Å²) in [6.07, 6.45) is 0. The van der Waals surface area contributed by atoms with Gasteiger partial charge in [-0.2, -0.15) is 0 Å². The monoisotopic (exact) mass is 830 g/mol. The lowest BCUT2D eigenvalue weighted by Gasteiger charge is -2.32. The molecule has 298 valence electrons. The van der Waals surface area contributed by atoms with E-state index in [-0.39, 0.29) is 0 Å². The van der Waals surface area contributed by atoms with Crippen molar-refractivity contribution in [3.63, 3.8) is 0 Å². The molecular weight excluding hydrogens is 793 g/mol. The Bertz CT molecular complexity index is 3740. The van der Waals surface area contributed by atoms with Crippen LogP contribution in [0.4, 0.5) is 17.1 Å². The van der Waals surface area contributed by atoms with Crippen molar-refractivity contribution in [1.29, 1.82) is 0 Å². The molecule has 0 atom stereocenters. The van der Waals surface area contributed by atoms with Crippen LogP contribution in [0, 0.1) is 0 Å². The van der Waals surface area contributed by atoms with E-state index in [0.29, 0.717) is 0 Å². The summed E-state index contributed by atoms with van der Waals surface area (Å²) in [5, 5.41) is 5.07. The van der Waals surface area contributed by atoms with Crippen molar-refractivity contribution in [3.05, 3.63) is 253 Å². The highest BCUT2D eigenvalue weighted by molar-refractivity contribution is 7.25. The third-order valence-electron chi connectivity index (χ3n) is 14.0. The van der Waals surface area contributed by atoms with Crippen LogP contribution >= 0.6 is 11.3 Å². The highest BCUT2D eigenvalue weighted by atomic mass is 32.1. The van der Waals surface area contributed by atoms with Gasteiger partial charge < -0.3 is 9.47 Å². The molecule has 2 aliphatic rings. The second-order valence-corrected chi connectivity index (χ2v) is 18.3. The fraction of sp³-hybridized carbons (Fsp3) is 0.0164.